The van der Waals surface area contributed by atoms with Gasteiger partial charge in [0.1, 0.15) is 5.75 Å². The number of urea groups is 1. The second kappa shape index (κ2) is 7.77. The van der Waals surface area contributed by atoms with Crippen LogP contribution in [-0.2, 0) is 0 Å². The van der Waals surface area contributed by atoms with Crippen LogP contribution in [0.5, 0.6) is 5.75 Å². The minimum Gasteiger partial charge on any atom is -0.484 e. The van der Waals surface area contributed by atoms with Crippen LogP contribution in [0.4, 0.5) is 18.0 Å². The molecule has 1 aliphatic rings. The number of benzene rings is 1. The van der Waals surface area contributed by atoms with Crippen LogP contribution in [0, 0.1) is 0 Å². The first-order chi connectivity index (χ1) is 11.3. The average Bonchev–Trinajstić information content (AvgIpc) is 2.53. The summed E-state index contributed by atoms with van der Waals surface area (Å²) in [4.78, 5) is 14.2. The van der Waals surface area contributed by atoms with Crippen molar-refractivity contribution in [1.82, 2.24) is 10.2 Å². The van der Waals surface area contributed by atoms with E-state index in [9.17, 15) is 18.0 Å². The molecule has 1 N–H and O–H groups in total. The van der Waals surface area contributed by atoms with Crippen molar-refractivity contribution in [3.8, 4) is 5.75 Å². The summed E-state index contributed by atoms with van der Waals surface area (Å²) in [6.07, 6.45) is -1.20. The van der Waals surface area contributed by atoms with E-state index in [1.807, 2.05) is 18.7 Å². The van der Waals surface area contributed by atoms with Crippen LogP contribution in [0.2, 0.25) is 0 Å². The number of alkyl halides is 3. The van der Waals surface area contributed by atoms with Gasteiger partial charge in [-0.2, -0.15) is 13.2 Å². The van der Waals surface area contributed by atoms with E-state index in [4.69, 9.17) is 0 Å². The minimum atomic E-state index is -4.36. The van der Waals surface area contributed by atoms with Crippen molar-refractivity contribution in [2.24, 2.45) is 0 Å². The quantitative estimate of drug-likeness (QED) is 0.886. The third-order valence-electron chi connectivity index (χ3n) is 4.19. The Morgan fingerprint density at radius 1 is 1.33 bits per heavy atom. The number of likely N-dealkylation sites (tertiary alicyclic amines) is 1. The topological polar surface area (TPSA) is 41.6 Å². The lowest BCUT2D eigenvalue weighted by Gasteiger charge is -2.34. The highest BCUT2D eigenvalue weighted by Crippen LogP contribution is 2.22. The van der Waals surface area contributed by atoms with Gasteiger partial charge in [-0.15, -0.1) is 0 Å². The van der Waals surface area contributed by atoms with Gasteiger partial charge in [0.25, 0.3) is 0 Å². The molecule has 0 bridgehead atoms. The Morgan fingerprint density at radius 3 is 2.58 bits per heavy atom. The van der Waals surface area contributed by atoms with Gasteiger partial charge in [0.05, 0.1) is 6.04 Å². The van der Waals surface area contributed by atoms with Gasteiger partial charge >= 0.3 is 12.2 Å². The first-order valence-electron chi connectivity index (χ1n) is 8.13. The SMILES string of the molecule is CC(NC(=O)N1CCCCC1C)c1ccc(OCC(F)(F)F)cc1. The fraction of sp³-hybridized carbons (Fsp3) is 0.588. The molecule has 2 rings (SSSR count). The number of ether oxygens (including phenoxy) is 1. The number of nitrogens with zero attached hydrogens (tertiary/aromatic N) is 1. The molecule has 0 spiro atoms. The number of carbonyl (C=O) groups is 1. The molecule has 134 valence electrons. The molecule has 2 unspecified atom stereocenters. The molecule has 2 atom stereocenters. The number of nitrogens with one attached hydrogen (secondary N) is 1. The first kappa shape index (κ1) is 18.4. The van der Waals surface area contributed by atoms with E-state index in [1.54, 1.807) is 12.1 Å². The number of hydrogen-bond acceptors (Lipinski definition) is 2. The summed E-state index contributed by atoms with van der Waals surface area (Å²) in [5, 5.41) is 2.94. The lowest BCUT2D eigenvalue weighted by molar-refractivity contribution is -0.153. The Kier molecular flexibility index (Phi) is 5.96. The van der Waals surface area contributed by atoms with E-state index in [1.165, 1.54) is 12.1 Å². The number of rotatable bonds is 4. The largest absolute Gasteiger partial charge is 0.484 e. The van der Waals surface area contributed by atoms with Crippen molar-refractivity contribution >= 4 is 6.03 Å². The smallest absolute Gasteiger partial charge is 0.422 e. The number of carbonyl (C=O) groups excluding carboxylic acids is 1. The fourth-order valence-corrected chi connectivity index (χ4v) is 2.77. The maximum absolute atomic E-state index is 12.3. The lowest BCUT2D eigenvalue weighted by Crippen LogP contribution is -2.48. The van der Waals surface area contributed by atoms with Crippen molar-refractivity contribution in [2.45, 2.75) is 51.4 Å². The maximum atomic E-state index is 12.3. The number of piperidine rings is 1. The van der Waals surface area contributed by atoms with Gasteiger partial charge < -0.3 is 15.0 Å². The Labute approximate surface area is 140 Å². The van der Waals surface area contributed by atoms with E-state index in [0.717, 1.165) is 31.4 Å². The lowest BCUT2D eigenvalue weighted by atomic mass is 10.0. The number of halogens is 3. The Balaban J connectivity index is 1.90. The predicted molar refractivity (Wildman–Crippen MR) is 85.0 cm³/mol. The van der Waals surface area contributed by atoms with Crippen molar-refractivity contribution in [1.29, 1.82) is 0 Å². The molecule has 0 aromatic heterocycles. The van der Waals surface area contributed by atoms with Gasteiger partial charge in [-0.3, -0.25) is 0 Å². The normalized spacial score (nSPS) is 19.7. The first-order valence-corrected chi connectivity index (χ1v) is 8.13. The average molecular weight is 344 g/mol. The van der Waals surface area contributed by atoms with E-state index in [-0.39, 0.29) is 23.9 Å². The van der Waals surface area contributed by atoms with Gasteiger partial charge in [0, 0.05) is 12.6 Å². The van der Waals surface area contributed by atoms with Gasteiger partial charge in [0.15, 0.2) is 6.61 Å². The third kappa shape index (κ3) is 5.32. The molecular weight excluding hydrogens is 321 g/mol. The molecule has 4 nitrogen and oxygen atoms in total. The number of amides is 2. The molecule has 1 aromatic carbocycles. The standard InChI is InChI=1S/C17H23F3N2O2/c1-12-5-3-4-10-22(12)16(23)21-13(2)14-6-8-15(9-7-14)24-11-17(18,19)20/h6-9,12-13H,3-5,10-11H2,1-2H3,(H,21,23). The molecule has 24 heavy (non-hydrogen) atoms. The molecule has 0 saturated carbocycles. The Morgan fingerprint density at radius 2 is 2.00 bits per heavy atom. The van der Waals surface area contributed by atoms with Crippen LogP contribution in [0.15, 0.2) is 24.3 Å². The molecule has 1 heterocycles. The summed E-state index contributed by atoms with van der Waals surface area (Å²) >= 11 is 0. The van der Waals surface area contributed by atoms with Crippen molar-refractivity contribution in [3.05, 3.63) is 29.8 Å². The molecule has 2 amide bonds. The van der Waals surface area contributed by atoms with E-state index >= 15 is 0 Å². The van der Waals surface area contributed by atoms with E-state index in [0.29, 0.717) is 0 Å². The van der Waals surface area contributed by atoms with Crippen LogP contribution in [0.1, 0.15) is 44.7 Å². The Bertz CT molecular complexity index is 546. The zero-order valence-corrected chi connectivity index (χ0v) is 13.9. The van der Waals surface area contributed by atoms with E-state index < -0.39 is 12.8 Å². The van der Waals surface area contributed by atoms with Crippen LogP contribution >= 0.6 is 0 Å². The van der Waals surface area contributed by atoms with Crippen LogP contribution in [-0.4, -0.2) is 36.3 Å². The summed E-state index contributed by atoms with van der Waals surface area (Å²) in [6, 6.07) is 6.17. The van der Waals surface area contributed by atoms with Crippen molar-refractivity contribution < 1.29 is 22.7 Å². The zero-order chi connectivity index (χ0) is 17.7. The number of hydrogen-bond donors (Lipinski definition) is 1. The summed E-state index contributed by atoms with van der Waals surface area (Å²) in [7, 11) is 0. The van der Waals surface area contributed by atoms with Gasteiger partial charge in [0.2, 0.25) is 0 Å². The van der Waals surface area contributed by atoms with Crippen LogP contribution in [0.25, 0.3) is 0 Å². The van der Waals surface area contributed by atoms with Gasteiger partial charge in [-0.05, 0) is 50.8 Å². The molecule has 1 aliphatic heterocycles. The second-order valence-corrected chi connectivity index (χ2v) is 6.18. The van der Waals surface area contributed by atoms with Crippen LogP contribution in [0.3, 0.4) is 0 Å². The van der Waals surface area contributed by atoms with Crippen molar-refractivity contribution in [3.63, 3.8) is 0 Å². The van der Waals surface area contributed by atoms with Crippen LogP contribution < -0.4 is 10.1 Å². The predicted octanol–water partition coefficient (Wildman–Crippen LogP) is 4.27. The summed E-state index contributed by atoms with van der Waals surface area (Å²) in [5.74, 6) is 0.152. The molecule has 0 radical (unpaired) electrons. The van der Waals surface area contributed by atoms with Gasteiger partial charge in [-0.25, -0.2) is 4.79 Å². The monoisotopic (exact) mass is 344 g/mol. The van der Waals surface area contributed by atoms with E-state index in [2.05, 4.69) is 10.1 Å². The highest BCUT2D eigenvalue weighted by atomic mass is 19.4. The summed E-state index contributed by atoms with van der Waals surface area (Å²) < 4.78 is 41.0. The van der Waals surface area contributed by atoms with Gasteiger partial charge in [-0.1, -0.05) is 12.1 Å². The minimum absolute atomic E-state index is 0.105. The summed E-state index contributed by atoms with van der Waals surface area (Å²) in [5.41, 5.74) is 0.812. The molecular formula is C17H23F3N2O2. The molecule has 7 heteroatoms. The van der Waals surface area contributed by atoms with Crippen molar-refractivity contribution in [2.75, 3.05) is 13.2 Å². The summed E-state index contributed by atoms with van der Waals surface area (Å²) in [6.45, 7) is 3.32. The Hall–Kier alpha value is -1.92. The second-order valence-electron chi connectivity index (χ2n) is 6.18. The third-order valence-corrected chi connectivity index (χ3v) is 4.19. The molecule has 1 saturated heterocycles. The highest BCUT2D eigenvalue weighted by molar-refractivity contribution is 5.75. The zero-order valence-electron chi connectivity index (χ0n) is 13.9. The molecule has 1 fully saturated rings. The maximum Gasteiger partial charge on any atom is 0.422 e. The molecule has 1 aromatic rings. The fourth-order valence-electron chi connectivity index (χ4n) is 2.77. The highest BCUT2D eigenvalue weighted by Gasteiger charge is 2.28. The molecule has 0 aliphatic carbocycles.